The number of anilines is 1. The van der Waals surface area contributed by atoms with Gasteiger partial charge in [0.05, 0.1) is 18.3 Å². The van der Waals surface area contributed by atoms with Gasteiger partial charge < -0.3 is 24.0 Å². The molecule has 11 heteroatoms. The normalized spacial score (nSPS) is 31.3. The number of halogens is 3. The quantitative estimate of drug-likeness (QED) is 0.360. The van der Waals surface area contributed by atoms with E-state index in [0.29, 0.717) is 52.6 Å². The topological polar surface area (TPSA) is 97.9 Å². The number of hydrogen-bond donors (Lipinski definition) is 1. The Hall–Kier alpha value is -3.60. The van der Waals surface area contributed by atoms with Crippen LogP contribution in [0.15, 0.2) is 47.1 Å². The van der Waals surface area contributed by atoms with Crippen LogP contribution in [0.25, 0.3) is 11.3 Å². The highest BCUT2D eigenvalue weighted by Crippen LogP contribution is 2.68. The summed E-state index contributed by atoms with van der Waals surface area (Å²) in [6, 6.07) is 9.79. The summed E-state index contributed by atoms with van der Waals surface area (Å²) in [6.45, 7) is 1.18. The Bertz CT molecular complexity index is 1500. The number of fused-ring (bicyclic) bond motifs is 2. The van der Waals surface area contributed by atoms with Crippen LogP contribution in [0, 0.1) is 29.6 Å². The molecule has 1 aliphatic heterocycles. The molecule has 5 fully saturated rings. The van der Waals surface area contributed by atoms with Crippen LogP contribution < -0.4 is 9.64 Å². The number of hydrogen-bond acceptors (Lipinski definition) is 7. The van der Waals surface area contributed by atoms with Crippen LogP contribution >= 0.6 is 0 Å². The zero-order chi connectivity index (χ0) is 28.0. The number of carboxylic acid groups (broad SMARTS) is 1. The standard InChI is InChI=1S/C30H28F3N3O5/c31-30(32,33)40-22-4-2-1-3-17(22)26-20(27(41-35-26)14-5-6-14)13-39-28-19-10-21-24-16(9-18(24)25(19)28)12-36(21)23-8-7-15(11-34-23)29(37)38/h1-4,7-8,11,14,16,18-19,21,24-25,28H,5-6,9-10,12-13H2,(H,37,38). The maximum Gasteiger partial charge on any atom is 0.573 e. The average Bonchev–Trinajstić information content (AvgIpc) is 3.81. The van der Waals surface area contributed by atoms with Crippen molar-refractivity contribution < 1.29 is 37.1 Å². The predicted molar refractivity (Wildman–Crippen MR) is 138 cm³/mol. The SMILES string of the molecule is O=C(O)c1ccc(N2CC3CC4C5C(CC2C34)C5OCc2c(-c3ccccc3OC(F)(F)F)noc2C2CC2)nc1. The van der Waals surface area contributed by atoms with Crippen molar-refractivity contribution in [3.8, 4) is 17.0 Å². The fraction of sp³-hybridized carbons (Fsp3) is 0.500. The number of para-hydroxylation sites is 1. The smallest absolute Gasteiger partial charge is 0.478 e. The molecule has 7 atom stereocenters. The van der Waals surface area contributed by atoms with Gasteiger partial charge in [-0.15, -0.1) is 13.2 Å². The summed E-state index contributed by atoms with van der Waals surface area (Å²) in [5.41, 5.74) is 1.48. The number of nitrogens with zero attached hydrogens (tertiary/aromatic N) is 3. The number of carboxylic acids is 1. The van der Waals surface area contributed by atoms with Crippen LogP contribution in [0.5, 0.6) is 5.75 Å². The highest BCUT2D eigenvalue weighted by Gasteiger charge is 2.69. The summed E-state index contributed by atoms with van der Waals surface area (Å²) >= 11 is 0. The van der Waals surface area contributed by atoms with Crippen LogP contribution in [0.3, 0.4) is 0 Å². The molecule has 41 heavy (non-hydrogen) atoms. The summed E-state index contributed by atoms with van der Waals surface area (Å²) in [4.78, 5) is 18.1. The molecule has 2 aromatic heterocycles. The lowest BCUT2D eigenvalue weighted by molar-refractivity contribution is -0.274. The highest BCUT2D eigenvalue weighted by atomic mass is 19.4. The van der Waals surface area contributed by atoms with Crippen molar-refractivity contribution in [2.75, 3.05) is 11.4 Å². The lowest BCUT2D eigenvalue weighted by Gasteiger charge is -2.46. The number of pyridine rings is 1. The van der Waals surface area contributed by atoms with Crippen molar-refractivity contribution in [3.63, 3.8) is 0 Å². The average molecular weight is 568 g/mol. The van der Waals surface area contributed by atoms with Crippen molar-refractivity contribution >= 4 is 11.8 Å². The van der Waals surface area contributed by atoms with E-state index in [1.165, 1.54) is 18.3 Å². The van der Waals surface area contributed by atoms with E-state index in [0.717, 1.165) is 38.0 Å². The van der Waals surface area contributed by atoms with Gasteiger partial charge in [-0.05, 0) is 79.5 Å². The fourth-order valence-corrected chi connectivity index (χ4v) is 7.98. The molecule has 4 aliphatic carbocycles. The second-order valence-corrected chi connectivity index (χ2v) is 12.1. The van der Waals surface area contributed by atoms with Crippen LogP contribution in [-0.4, -0.2) is 46.3 Å². The molecule has 3 aromatic rings. The van der Waals surface area contributed by atoms with Crippen LogP contribution in [-0.2, 0) is 11.3 Å². The molecular weight excluding hydrogens is 539 g/mol. The molecule has 5 aliphatic rings. The van der Waals surface area contributed by atoms with Gasteiger partial charge in [0.25, 0.3) is 0 Å². The first-order chi connectivity index (χ1) is 19.8. The van der Waals surface area contributed by atoms with Gasteiger partial charge in [-0.25, -0.2) is 9.78 Å². The minimum absolute atomic E-state index is 0.0900. The number of aromatic carboxylic acids is 1. The van der Waals surface area contributed by atoms with E-state index in [1.54, 1.807) is 18.2 Å². The Morgan fingerprint density at radius 2 is 1.93 bits per heavy atom. The van der Waals surface area contributed by atoms with E-state index < -0.39 is 12.3 Å². The Kier molecular flexibility index (Phi) is 5.49. The number of ether oxygens (including phenoxy) is 2. The van der Waals surface area contributed by atoms with Crippen molar-refractivity contribution in [2.45, 2.75) is 56.7 Å². The molecule has 8 nitrogen and oxygen atoms in total. The van der Waals surface area contributed by atoms with Gasteiger partial charge in [-0.1, -0.05) is 17.3 Å². The van der Waals surface area contributed by atoms with Crippen molar-refractivity contribution in [1.82, 2.24) is 10.1 Å². The number of benzene rings is 1. The van der Waals surface area contributed by atoms with E-state index in [1.807, 2.05) is 6.07 Å². The second-order valence-electron chi connectivity index (χ2n) is 12.1. The molecule has 7 unspecified atom stereocenters. The lowest BCUT2D eigenvalue weighted by atomic mass is 9.59. The molecule has 214 valence electrons. The fourth-order valence-electron chi connectivity index (χ4n) is 7.98. The van der Waals surface area contributed by atoms with E-state index in [4.69, 9.17) is 9.26 Å². The molecule has 0 amide bonds. The Morgan fingerprint density at radius 1 is 1.10 bits per heavy atom. The van der Waals surface area contributed by atoms with Crippen molar-refractivity contribution in [1.29, 1.82) is 0 Å². The summed E-state index contributed by atoms with van der Waals surface area (Å²) in [7, 11) is 0. The molecular formula is C30H28F3N3O5. The molecule has 4 saturated carbocycles. The zero-order valence-electron chi connectivity index (χ0n) is 22.0. The van der Waals surface area contributed by atoms with E-state index in [-0.39, 0.29) is 35.5 Å². The minimum atomic E-state index is -4.82. The molecule has 0 radical (unpaired) electrons. The van der Waals surface area contributed by atoms with E-state index >= 15 is 0 Å². The zero-order valence-corrected chi connectivity index (χ0v) is 22.0. The Balaban J connectivity index is 1.01. The molecule has 1 N–H and O–H groups in total. The maximum absolute atomic E-state index is 13.1. The molecule has 3 heterocycles. The van der Waals surface area contributed by atoms with Gasteiger partial charge in [0.1, 0.15) is 23.0 Å². The highest BCUT2D eigenvalue weighted by molar-refractivity contribution is 5.87. The van der Waals surface area contributed by atoms with Crippen LogP contribution in [0.2, 0.25) is 0 Å². The van der Waals surface area contributed by atoms with Gasteiger partial charge in [-0.3, -0.25) is 0 Å². The number of carbonyl (C=O) groups is 1. The van der Waals surface area contributed by atoms with Crippen LogP contribution in [0.4, 0.5) is 19.0 Å². The molecule has 0 spiro atoms. The molecule has 0 bridgehead atoms. The lowest BCUT2D eigenvalue weighted by Crippen LogP contribution is -2.45. The van der Waals surface area contributed by atoms with Crippen molar-refractivity contribution in [2.24, 2.45) is 29.6 Å². The minimum Gasteiger partial charge on any atom is -0.478 e. The van der Waals surface area contributed by atoms with Gasteiger partial charge in [0.15, 0.2) is 0 Å². The monoisotopic (exact) mass is 567 g/mol. The number of aromatic nitrogens is 2. The number of rotatable bonds is 8. The first kappa shape index (κ1) is 25.1. The molecule has 1 aromatic carbocycles. The first-order valence-electron chi connectivity index (χ1n) is 14.2. The third-order valence-corrected chi connectivity index (χ3v) is 9.90. The second kappa shape index (κ2) is 8.95. The molecule has 1 saturated heterocycles. The van der Waals surface area contributed by atoms with Gasteiger partial charge in [0.2, 0.25) is 0 Å². The summed E-state index contributed by atoms with van der Waals surface area (Å²) in [5.74, 6) is 3.14. The summed E-state index contributed by atoms with van der Waals surface area (Å²) in [5, 5.41) is 13.4. The Morgan fingerprint density at radius 3 is 2.66 bits per heavy atom. The van der Waals surface area contributed by atoms with Gasteiger partial charge in [-0.2, -0.15) is 0 Å². The summed E-state index contributed by atoms with van der Waals surface area (Å²) < 4.78 is 55.9. The largest absolute Gasteiger partial charge is 0.573 e. The first-order valence-corrected chi connectivity index (χ1v) is 14.2. The van der Waals surface area contributed by atoms with Gasteiger partial charge in [0, 0.05) is 35.8 Å². The maximum atomic E-state index is 13.1. The van der Waals surface area contributed by atoms with Crippen molar-refractivity contribution in [3.05, 3.63) is 59.5 Å². The van der Waals surface area contributed by atoms with E-state index in [9.17, 15) is 23.1 Å². The van der Waals surface area contributed by atoms with Gasteiger partial charge >= 0.3 is 12.3 Å². The number of alkyl halides is 3. The third-order valence-electron chi connectivity index (χ3n) is 9.90. The summed E-state index contributed by atoms with van der Waals surface area (Å²) in [6.07, 6.45) is 0.758. The molecule has 8 rings (SSSR count). The van der Waals surface area contributed by atoms with E-state index in [2.05, 4.69) is 19.8 Å². The third kappa shape index (κ3) is 4.19. The predicted octanol–water partition coefficient (Wildman–Crippen LogP) is 5.89. The van der Waals surface area contributed by atoms with Crippen LogP contribution in [0.1, 0.15) is 53.3 Å². The Labute approximate surface area is 233 Å².